The third-order valence-corrected chi connectivity index (χ3v) is 5.44. The molecule has 0 saturated carbocycles. The maximum absolute atomic E-state index is 6.50. The summed E-state index contributed by atoms with van der Waals surface area (Å²) in [6.45, 7) is 3.02. The van der Waals surface area contributed by atoms with E-state index >= 15 is 0 Å². The zero-order valence-electron chi connectivity index (χ0n) is 12.0. The molecule has 1 aromatic heterocycles. The van der Waals surface area contributed by atoms with Crippen molar-refractivity contribution in [3.05, 3.63) is 70.1 Å². The Hall–Kier alpha value is -1.35. The van der Waals surface area contributed by atoms with Crippen LogP contribution >= 0.6 is 22.9 Å². The molecule has 1 atom stereocenters. The van der Waals surface area contributed by atoms with Crippen LogP contribution in [0.3, 0.4) is 0 Å². The summed E-state index contributed by atoms with van der Waals surface area (Å²) in [6, 6.07) is 19.3. The van der Waals surface area contributed by atoms with Gasteiger partial charge in [0, 0.05) is 27.5 Å². The molecule has 0 aliphatic carbocycles. The standard InChI is InChI=1S/C18H18ClNS/c1-2-15(13-8-4-3-5-9-13)20-12-17-18(19)14-10-6-7-11-16(14)21-17/h3-11,15,20H,2,12H2,1H3. The van der Waals surface area contributed by atoms with Crippen molar-refractivity contribution >= 4 is 33.0 Å². The van der Waals surface area contributed by atoms with E-state index in [1.165, 1.54) is 15.1 Å². The molecule has 21 heavy (non-hydrogen) atoms. The Morgan fingerprint density at radius 3 is 2.48 bits per heavy atom. The van der Waals surface area contributed by atoms with Gasteiger partial charge in [-0.15, -0.1) is 11.3 Å². The van der Waals surface area contributed by atoms with E-state index in [4.69, 9.17) is 11.6 Å². The Kier molecular flexibility index (Phi) is 4.59. The molecule has 3 rings (SSSR count). The topological polar surface area (TPSA) is 12.0 Å². The monoisotopic (exact) mass is 315 g/mol. The van der Waals surface area contributed by atoms with Crippen molar-refractivity contribution in [2.75, 3.05) is 0 Å². The second-order valence-electron chi connectivity index (χ2n) is 5.09. The van der Waals surface area contributed by atoms with Gasteiger partial charge >= 0.3 is 0 Å². The first-order valence-electron chi connectivity index (χ1n) is 7.24. The maximum Gasteiger partial charge on any atom is 0.0636 e. The van der Waals surface area contributed by atoms with Gasteiger partial charge in [0.05, 0.1) is 5.02 Å². The molecule has 0 fully saturated rings. The molecule has 1 heterocycles. The summed E-state index contributed by atoms with van der Waals surface area (Å²) in [5.41, 5.74) is 1.33. The molecule has 3 aromatic rings. The summed E-state index contributed by atoms with van der Waals surface area (Å²) in [7, 11) is 0. The molecule has 0 aliphatic heterocycles. The third-order valence-electron chi connectivity index (χ3n) is 3.72. The molecule has 1 nitrogen and oxygen atoms in total. The number of benzene rings is 2. The van der Waals surface area contributed by atoms with E-state index in [1.54, 1.807) is 11.3 Å². The van der Waals surface area contributed by atoms with E-state index in [0.29, 0.717) is 6.04 Å². The number of rotatable bonds is 5. The third kappa shape index (κ3) is 3.13. The van der Waals surface area contributed by atoms with Crippen LogP contribution in [-0.2, 0) is 6.54 Å². The zero-order chi connectivity index (χ0) is 14.7. The van der Waals surface area contributed by atoms with Crippen LogP contribution < -0.4 is 5.32 Å². The molecule has 0 spiro atoms. The van der Waals surface area contributed by atoms with Crippen LogP contribution in [0.5, 0.6) is 0 Å². The van der Waals surface area contributed by atoms with E-state index in [-0.39, 0.29) is 0 Å². The average Bonchev–Trinajstić information content (AvgIpc) is 2.86. The lowest BCUT2D eigenvalue weighted by Gasteiger charge is -2.17. The van der Waals surface area contributed by atoms with E-state index in [2.05, 4.69) is 60.8 Å². The lowest BCUT2D eigenvalue weighted by atomic mass is 10.0. The summed E-state index contributed by atoms with van der Waals surface area (Å²) in [5, 5.41) is 5.69. The molecular formula is C18H18ClNS. The predicted molar refractivity (Wildman–Crippen MR) is 93.1 cm³/mol. The minimum atomic E-state index is 0.368. The molecule has 1 unspecified atom stereocenters. The molecule has 0 bridgehead atoms. The summed E-state index contributed by atoms with van der Waals surface area (Å²) < 4.78 is 1.26. The van der Waals surface area contributed by atoms with Gasteiger partial charge in [0.15, 0.2) is 0 Å². The second kappa shape index (κ2) is 6.61. The van der Waals surface area contributed by atoms with Gasteiger partial charge in [0.1, 0.15) is 0 Å². The highest BCUT2D eigenvalue weighted by Gasteiger charge is 2.12. The van der Waals surface area contributed by atoms with E-state index in [1.807, 2.05) is 6.07 Å². The van der Waals surface area contributed by atoms with Crippen LogP contribution in [0.2, 0.25) is 5.02 Å². The summed E-state index contributed by atoms with van der Waals surface area (Å²) >= 11 is 8.28. The number of fused-ring (bicyclic) bond motifs is 1. The first kappa shape index (κ1) is 14.6. The van der Waals surface area contributed by atoms with Gasteiger partial charge in [-0.25, -0.2) is 0 Å². The molecule has 0 radical (unpaired) electrons. The van der Waals surface area contributed by atoms with Crippen LogP contribution in [-0.4, -0.2) is 0 Å². The molecule has 0 saturated heterocycles. The van der Waals surface area contributed by atoms with Crippen molar-refractivity contribution in [1.82, 2.24) is 5.32 Å². The lowest BCUT2D eigenvalue weighted by Crippen LogP contribution is -2.19. The molecule has 3 heteroatoms. The van der Waals surface area contributed by atoms with Crippen molar-refractivity contribution in [3.63, 3.8) is 0 Å². The highest BCUT2D eigenvalue weighted by atomic mass is 35.5. The first-order chi connectivity index (χ1) is 10.3. The summed E-state index contributed by atoms with van der Waals surface area (Å²) in [5.74, 6) is 0. The number of halogens is 1. The molecule has 0 aliphatic rings. The minimum absolute atomic E-state index is 0.368. The maximum atomic E-state index is 6.50. The van der Waals surface area contributed by atoms with Crippen LogP contribution in [0, 0.1) is 0 Å². The zero-order valence-corrected chi connectivity index (χ0v) is 13.5. The highest BCUT2D eigenvalue weighted by Crippen LogP contribution is 2.35. The number of hydrogen-bond acceptors (Lipinski definition) is 2. The van der Waals surface area contributed by atoms with Gasteiger partial charge in [0.2, 0.25) is 0 Å². The first-order valence-corrected chi connectivity index (χ1v) is 8.43. The fraction of sp³-hybridized carbons (Fsp3) is 0.222. The molecule has 2 aromatic carbocycles. The van der Waals surface area contributed by atoms with Gasteiger partial charge in [-0.05, 0) is 18.1 Å². The van der Waals surface area contributed by atoms with E-state index in [0.717, 1.165) is 23.4 Å². The second-order valence-corrected chi connectivity index (χ2v) is 6.60. The fourth-order valence-electron chi connectivity index (χ4n) is 2.58. The predicted octanol–water partition coefficient (Wildman–Crippen LogP) is 5.80. The Bertz CT molecular complexity index is 720. The quantitative estimate of drug-likeness (QED) is 0.628. The lowest BCUT2D eigenvalue weighted by molar-refractivity contribution is 0.522. The van der Waals surface area contributed by atoms with Gasteiger partial charge < -0.3 is 5.32 Å². The molecule has 0 amide bonds. The van der Waals surface area contributed by atoms with Gasteiger partial charge in [-0.3, -0.25) is 0 Å². The number of hydrogen-bond donors (Lipinski definition) is 1. The van der Waals surface area contributed by atoms with Crippen molar-refractivity contribution in [2.24, 2.45) is 0 Å². The number of nitrogens with one attached hydrogen (secondary N) is 1. The largest absolute Gasteiger partial charge is 0.305 e. The molecule has 1 N–H and O–H groups in total. The Morgan fingerprint density at radius 1 is 1.05 bits per heavy atom. The summed E-state index contributed by atoms with van der Waals surface area (Å²) in [4.78, 5) is 1.22. The van der Waals surface area contributed by atoms with Gasteiger partial charge in [0.25, 0.3) is 0 Å². The average molecular weight is 316 g/mol. The van der Waals surface area contributed by atoms with Gasteiger partial charge in [-0.1, -0.05) is 67.1 Å². The SMILES string of the molecule is CCC(NCc1sc2ccccc2c1Cl)c1ccccc1. The van der Waals surface area contributed by atoms with Gasteiger partial charge in [-0.2, -0.15) is 0 Å². The Morgan fingerprint density at radius 2 is 1.76 bits per heavy atom. The van der Waals surface area contributed by atoms with Crippen LogP contribution in [0.15, 0.2) is 54.6 Å². The van der Waals surface area contributed by atoms with Crippen molar-refractivity contribution in [3.8, 4) is 0 Å². The fourth-order valence-corrected chi connectivity index (χ4v) is 4.03. The highest BCUT2D eigenvalue weighted by molar-refractivity contribution is 7.19. The van der Waals surface area contributed by atoms with Crippen molar-refractivity contribution in [1.29, 1.82) is 0 Å². The van der Waals surface area contributed by atoms with Crippen LogP contribution in [0.1, 0.15) is 29.8 Å². The van der Waals surface area contributed by atoms with Crippen LogP contribution in [0.4, 0.5) is 0 Å². The van der Waals surface area contributed by atoms with Crippen molar-refractivity contribution in [2.45, 2.75) is 25.9 Å². The Labute approximate surface area is 134 Å². The minimum Gasteiger partial charge on any atom is -0.305 e. The molecule has 108 valence electrons. The smallest absolute Gasteiger partial charge is 0.0636 e. The Balaban J connectivity index is 1.78. The van der Waals surface area contributed by atoms with E-state index < -0.39 is 0 Å². The molecular weight excluding hydrogens is 298 g/mol. The van der Waals surface area contributed by atoms with E-state index in [9.17, 15) is 0 Å². The van der Waals surface area contributed by atoms with Crippen molar-refractivity contribution < 1.29 is 0 Å². The van der Waals surface area contributed by atoms with Crippen LogP contribution in [0.25, 0.3) is 10.1 Å². The number of thiophene rings is 1. The summed E-state index contributed by atoms with van der Waals surface area (Å²) in [6.07, 6.45) is 1.06. The normalized spacial score (nSPS) is 12.7.